The first kappa shape index (κ1) is 13.4. The number of amides is 1. The molecule has 1 aromatic carbocycles. The topological polar surface area (TPSA) is 32.3 Å². The maximum Gasteiger partial charge on any atom is 0.258 e. The van der Waals surface area contributed by atoms with Crippen molar-refractivity contribution in [2.45, 2.75) is 19.4 Å². The van der Waals surface area contributed by atoms with Crippen LogP contribution in [0.4, 0.5) is 14.5 Å². The molecule has 0 aliphatic heterocycles. The van der Waals surface area contributed by atoms with E-state index in [0.717, 1.165) is 0 Å². The molecule has 0 bridgehead atoms. The fourth-order valence-electron chi connectivity index (χ4n) is 1.34. The molecule has 1 atom stereocenters. The predicted octanol–water partition coefficient (Wildman–Crippen LogP) is 2.45. The minimum Gasteiger partial charge on any atom is -0.376 e. The largest absolute Gasteiger partial charge is 0.376 e. The van der Waals surface area contributed by atoms with Crippen molar-refractivity contribution in [2.75, 3.05) is 19.4 Å². The zero-order valence-corrected chi connectivity index (χ0v) is 10.1. The van der Waals surface area contributed by atoms with Crippen LogP contribution >= 0.6 is 0 Å². The number of halogens is 2. The number of carbonyl (C=O) groups is 1. The van der Waals surface area contributed by atoms with Gasteiger partial charge < -0.3 is 10.2 Å². The number of nitrogens with one attached hydrogen (secondary N) is 1. The SMILES string of the molecule is CC(Nc1ccccc1C(=O)N(C)C)C(F)F. The van der Waals surface area contributed by atoms with Gasteiger partial charge >= 0.3 is 0 Å². The van der Waals surface area contributed by atoms with Crippen LogP contribution in [0.5, 0.6) is 0 Å². The van der Waals surface area contributed by atoms with Gasteiger partial charge in [0.25, 0.3) is 12.3 Å². The molecule has 0 saturated carbocycles. The summed E-state index contributed by atoms with van der Waals surface area (Å²) in [4.78, 5) is 13.2. The third kappa shape index (κ3) is 3.41. The van der Waals surface area contributed by atoms with Crippen molar-refractivity contribution in [1.82, 2.24) is 4.90 Å². The molecule has 1 amide bonds. The van der Waals surface area contributed by atoms with E-state index < -0.39 is 12.5 Å². The maximum atomic E-state index is 12.4. The van der Waals surface area contributed by atoms with Gasteiger partial charge in [0.2, 0.25) is 0 Å². The highest BCUT2D eigenvalue weighted by atomic mass is 19.3. The number of hydrogen-bond donors (Lipinski definition) is 1. The molecule has 0 saturated heterocycles. The molecule has 1 N–H and O–H groups in total. The lowest BCUT2D eigenvalue weighted by atomic mass is 10.1. The van der Waals surface area contributed by atoms with Gasteiger partial charge in [-0.3, -0.25) is 4.79 Å². The predicted molar refractivity (Wildman–Crippen MR) is 63.5 cm³/mol. The average Bonchev–Trinajstić information content (AvgIpc) is 2.28. The first-order chi connectivity index (χ1) is 7.93. The van der Waals surface area contributed by atoms with Gasteiger partial charge in [-0.05, 0) is 19.1 Å². The summed E-state index contributed by atoms with van der Waals surface area (Å²) >= 11 is 0. The van der Waals surface area contributed by atoms with Gasteiger partial charge in [0.1, 0.15) is 0 Å². The highest BCUT2D eigenvalue weighted by molar-refractivity contribution is 5.99. The third-order valence-corrected chi connectivity index (χ3v) is 2.32. The van der Waals surface area contributed by atoms with Gasteiger partial charge in [0, 0.05) is 19.8 Å². The van der Waals surface area contributed by atoms with Gasteiger partial charge in [-0.15, -0.1) is 0 Å². The molecule has 0 spiro atoms. The molecule has 0 radical (unpaired) electrons. The van der Waals surface area contributed by atoms with Gasteiger partial charge in [0.05, 0.1) is 11.6 Å². The highest BCUT2D eigenvalue weighted by Gasteiger charge is 2.18. The lowest BCUT2D eigenvalue weighted by molar-refractivity contribution is 0.0827. The second-order valence-electron chi connectivity index (χ2n) is 4.01. The Hall–Kier alpha value is -1.65. The van der Waals surface area contributed by atoms with Crippen LogP contribution in [0.1, 0.15) is 17.3 Å². The molecule has 0 aliphatic rings. The van der Waals surface area contributed by atoms with Gasteiger partial charge in [-0.2, -0.15) is 0 Å². The Morgan fingerprint density at radius 3 is 2.41 bits per heavy atom. The van der Waals surface area contributed by atoms with E-state index in [1.165, 1.54) is 11.8 Å². The Morgan fingerprint density at radius 1 is 1.29 bits per heavy atom. The van der Waals surface area contributed by atoms with Crippen molar-refractivity contribution in [2.24, 2.45) is 0 Å². The molecule has 1 aromatic rings. The Kier molecular flexibility index (Phi) is 4.43. The smallest absolute Gasteiger partial charge is 0.258 e. The number of carbonyl (C=O) groups excluding carboxylic acids is 1. The van der Waals surface area contributed by atoms with Crippen LogP contribution in [-0.2, 0) is 0 Å². The quantitative estimate of drug-likeness (QED) is 0.879. The molecule has 0 aliphatic carbocycles. The number of hydrogen-bond acceptors (Lipinski definition) is 2. The van der Waals surface area contributed by atoms with Crippen molar-refractivity contribution in [3.05, 3.63) is 29.8 Å². The molecule has 0 fully saturated rings. The second-order valence-corrected chi connectivity index (χ2v) is 4.01. The van der Waals surface area contributed by atoms with Gasteiger partial charge in [0.15, 0.2) is 0 Å². The van der Waals surface area contributed by atoms with E-state index in [9.17, 15) is 13.6 Å². The summed E-state index contributed by atoms with van der Waals surface area (Å²) in [6.07, 6.45) is -2.47. The molecule has 94 valence electrons. The van der Waals surface area contributed by atoms with Crippen molar-refractivity contribution in [3.8, 4) is 0 Å². The van der Waals surface area contributed by atoms with Crippen molar-refractivity contribution in [3.63, 3.8) is 0 Å². The molecule has 1 unspecified atom stereocenters. The lowest BCUT2D eigenvalue weighted by Gasteiger charge is -2.18. The maximum absolute atomic E-state index is 12.4. The number of para-hydroxylation sites is 1. The normalized spacial score (nSPS) is 12.4. The number of alkyl halides is 2. The van der Waals surface area contributed by atoms with Crippen LogP contribution in [0.15, 0.2) is 24.3 Å². The van der Waals surface area contributed by atoms with Crippen LogP contribution in [0.25, 0.3) is 0 Å². The van der Waals surface area contributed by atoms with Gasteiger partial charge in [-0.1, -0.05) is 12.1 Å². The summed E-state index contributed by atoms with van der Waals surface area (Å²) in [5, 5.41) is 2.65. The number of nitrogens with zero attached hydrogens (tertiary/aromatic N) is 1. The average molecular weight is 242 g/mol. The van der Waals surface area contributed by atoms with Gasteiger partial charge in [-0.25, -0.2) is 8.78 Å². The molecular formula is C12H16F2N2O. The summed E-state index contributed by atoms with van der Waals surface area (Å²) in [6.45, 7) is 1.38. The molecule has 3 nitrogen and oxygen atoms in total. The molecule has 5 heteroatoms. The Morgan fingerprint density at radius 2 is 1.88 bits per heavy atom. The highest BCUT2D eigenvalue weighted by Crippen LogP contribution is 2.19. The number of benzene rings is 1. The molecule has 0 aromatic heterocycles. The molecular weight excluding hydrogens is 226 g/mol. The zero-order chi connectivity index (χ0) is 13.0. The first-order valence-corrected chi connectivity index (χ1v) is 5.29. The fourth-order valence-corrected chi connectivity index (χ4v) is 1.34. The van der Waals surface area contributed by atoms with Crippen LogP contribution in [0.3, 0.4) is 0 Å². The molecule has 17 heavy (non-hydrogen) atoms. The van der Waals surface area contributed by atoms with E-state index >= 15 is 0 Å². The van der Waals surface area contributed by atoms with Crippen molar-refractivity contribution < 1.29 is 13.6 Å². The summed E-state index contributed by atoms with van der Waals surface area (Å²) < 4.78 is 24.9. The summed E-state index contributed by atoms with van der Waals surface area (Å²) in [5.41, 5.74) is 0.823. The zero-order valence-electron chi connectivity index (χ0n) is 10.1. The number of anilines is 1. The molecule has 1 rings (SSSR count). The summed E-state index contributed by atoms with van der Waals surface area (Å²) in [7, 11) is 3.24. The van der Waals surface area contributed by atoms with Crippen LogP contribution in [0.2, 0.25) is 0 Å². The Labute approximate surface area is 99.4 Å². The second kappa shape index (κ2) is 5.61. The lowest BCUT2D eigenvalue weighted by Crippen LogP contribution is -2.27. The molecule has 0 heterocycles. The van der Waals surface area contributed by atoms with E-state index in [4.69, 9.17) is 0 Å². The summed E-state index contributed by atoms with van der Waals surface area (Å²) in [5.74, 6) is -0.213. The van der Waals surface area contributed by atoms with E-state index in [1.807, 2.05) is 0 Å². The van der Waals surface area contributed by atoms with Crippen LogP contribution in [0, 0.1) is 0 Å². The standard InChI is InChI=1S/C12H16F2N2O/c1-8(11(13)14)15-10-7-5-4-6-9(10)12(17)16(2)3/h4-8,11,15H,1-3H3. The van der Waals surface area contributed by atoms with E-state index in [2.05, 4.69) is 5.32 Å². The first-order valence-electron chi connectivity index (χ1n) is 5.29. The van der Waals surface area contributed by atoms with E-state index in [0.29, 0.717) is 11.3 Å². The fraction of sp³-hybridized carbons (Fsp3) is 0.417. The van der Waals surface area contributed by atoms with Crippen LogP contribution in [-0.4, -0.2) is 37.4 Å². The minimum atomic E-state index is -2.47. The summed E-state index contributed by atoms with van der Waals surface area (Å²) in [6, 6.07) is 5.64. The van der Waals surface area contributed by atoms with Crippen molar-refractivity contribution >= 4 is 11.6 Å². The monoisotopic (exact) mass is 242 g/mol. The van der Waals surface area contributed by atoms with Crippen LogP contribution < -0.4 is 5.32 Å². The van der Waals surface area contributed by atoms with Crippen molar-refractivity contribution in [1.29, 1.82) is 0 Å². The van der Waals surface area contributed by atoms with E-state index in [-0.39, 0.29) is 5.91 Å². The minimum absolute atomic E-state index is 0.213. The Bertz CT molecular complexity index is 394. The number of rotatable bonds is 4. The third-order valence-electron chi connectivity index (χ3n) is 2.32. The Balaban J connectivity index is 2.96. The van der Waals surface area contributed by atoms with E-state index in [1.54, 1.807) is 38.4 Å².